The molecule has 1 rings (SSSR count). The first-order chi connectivity index (χ1) is 8.38. The number of nitrogens with zero attached hydrogens (tertiary/aromatic N) is 1. The third-order valence-corrected chi connectivity index (χ3v) is 2.27. The van der Waals surface area contributed by atoms with Crippen LogP contribution in [0.5, 0.6) is 0 Å². The van der Waals surface area contributed by atoms with E-state index >= 15 is 0 Å². The summed E-state index contributed by atoms with van der Waals surface area (Å²) in [6, 6.07) is -0.0789. The van der Waals surface area contributed by atoms with E-state index in [2.05, 4.69) is 9.73 Å². The van der Waals surface area contributed by atoms with Gasteiger partial charge in [0.05, 0.1) is 13.2 Å². The smallest absolute Gasteiger partial charge is 0.370 e. The number of halogens is 3. The van der Waals surface area contributed by atoms with Crippen LogP contribution in [0.3, 0.4) is 0 Å². The molecule has 2 N–H and O–H groups in total. The van der Waals surface area contributed by atoms with Crippen LogP contribution >= 0.6 is 0 Å². The highest BCUT2D eigenvalue weighted by molar-refractivity contribution is 5.80. The quantitative estimate of drug-likeness (QED) is 0.744. The van der Waals surface area contributed by atoms with Gasteiger partial charge in [0, 0.05) is 18.7 Å². The van der Waals surface area contributed by atoms with Crippen molar-refractivity contribution >= 4 is 6.21 Å². The highest BCUT2D eigenvalue weighted by Gasteiger charge is 2.27. The van der Waals surface area contributed by atoms with Crippen LogP contribution in [-0.4, -0.2) is 44.5 Å². The van der Waals surface area contributed by atoms with Crippen LogP contribution in [0.1, 0.15) is 13.3 Å². The molecule has 1 aliphatic rings. The predicted octanol–water partition coefficient (Wildman–Crippen LogP) is 1.66. The van der Waals surface area contributed by atoms with Crippen LogP contribution in [0.25, 0.3) is 0 Å². The molecule has 0 aliphatic carbocycles. The zero-order valence-corrected chi connectivity index (χ0v) is 10.1. The minimum atomic E-state index is -4.29. The first-order valence-corrected chi connectivity index (χ1v) is 5.63. The van der Waals surface area contributed by atoms with Crippen molar-refractivity contribution < 1.29 is 22.6 Å². The maximum atomic E-state index is 11.7. The summed E-state index contributed by atoms with van der Waals surface area (Å²) in [6.45, 7) is 0.581. The van der Waals surface area contributed by atoms with Gasteiger partial charge in [-0.2, -0.15) is 13.2 Å². The van der Waals surface area contributed by atoms with Crippen LogP contribution < -0.4 is 5.73 Å². The van der Waals surface area contributed by atoms with Crippen LogP contribution in [0.15, 0.2) is 16.6 Å². The van der Waals surface area contributed by atoms with Gasteiger partial charge in [0.15, 0.2) is 6.23 Å². The lowest BCUT2D eigenvalue weighted by molar-refractivity contribution is -0.177. The SMILES string of the molecule is CC(N)C1=CCC(OCCOCC(F)(F)F)N=C1. The van der Waals surface area contributed by atoms with Gasteiger partial charge in [-0.1, -0.05) is 6.08 Å². The molecule has 0 aromatic heterocycles. The lowest BCUT2D eigenvalue weighted by atomic mass is 10.1. The fraction of sp³-hybridized carbons (Fsp3) is 0.727. The molecular weight excluding hydrogens is 249 g/mol. The van der Waals surface area contributed by atoms with Crippen LogP contribution in [0.4, 0.5) is 13.2 Å². The van der Waals surface area contributed by atoms with Gasteiger partial charge in [0.25, 0.3) is 0 Å². The Balaban J connectivity index is 2.11. The molecule has 104 valence electrons. The van der Waals surface area contributed by atoms with Crippen LogP contribution in [-0.2, 0) is 9.47 Å². The summed E-state index contributed by atoms with van der Waals surface area (Å²) in [5, 5.41) is 0. The van der Waals surface area contributed by atoms with Crippen LogP contribution in [0.2, 0.25) is 0 Å². The fourth-order valence-corrected chi connectivity index (χ4v) is 1.37. The average Bonchev–Trinajstić information content (AvgIpc) is 2.27. The van der Waals surface area contributed by atoms with E-state index in [1.807, 2.05) is 13.0 Å². The summed E-state index contributed by atoms with van der Waals surface area (Å²) in [4.78, 5) is 4.11. The third-order valence-electron chi connectivity index (χ3n) is 2.27. The summed E-state index contributed by atoms with van der Waals surface area (Å²) < 4.78 is 44.9. The largest absolute Gasteiger partial charge is 0.411 e. The van der Waals surface area contributed by atoms with Crippen LogP contribution in [0, 0.1) is 0 Å². The number of ether oxygens (including phenoxy) is 2. The normalized spacial score (nSPS) is 21.8. The molecule has 0 aromatic rings. The molecule has 1 aliphatic heterocycles. The van der Waals surface area contributed by atoms with E-state index in [9.17, 15) is 13.2 Å². The first kappa shape index (κ1) is 15.1. The molecule has 0 saturated carbocycles. The second kappa shape index (κ2) is 6.86. The molecule has 0 fully saturated rings. The fourth-order valence-electron chi connectivity index (χ4n) is 1.37. The summed E-state index contributed by atoms with van der Waals surface area (Å²) >= 11 is 0. The minimum absolute atomic E-state index is 0.0789. The van der Waals surface area contributed by atoms with E-state index in [-0.39, 0.29) is 25.5 Å². The zero-order chi connectivity index (χ0) is 13.6. The Bertz CT molecular complexity index is 314. The van der Waals surface area contributed by atoms with Crippen molar-refractivity contribution in [1.82, 2.24) is 0 Å². The van der Waals surface area contributed by atoms with Crippen molar-refractivity contribution in [3.63, 3.8) is 0 Å². The molecule has 7 heteroatoms. The second-order valence-corrected chi connectivity index (χ2v) is 4.00. The summed E-state index contributed by atoms with van der Waals surface area (Å²) in [7, 11) is 0. The molecule has 0 aromatic carbocycles. The molecule has 4 nitrogen and oxygen atoms in total. The molecule has 2 unspecified atom stereocenters. The molecule has 18 heavy (non-hydrogen) atoms. The number of nitrogens with two attached hydrogens (primary N) is 1. The zero-order valence-electron chi connectivity index (χ0n) is 10.1. The Kier molecular flexibility index (Phi) is 5.77. The Morgan fingerprint density at radius 2 is 2.22 bits per heavy atom. The number of dihydropyridines is 1. The van der Waals surface area contributed by atoms with E-state index in [1.165, 1.54) is 0 Å². The van der Waals surface area contributed by atoms with Crippen molar-refractivity contribution in [3.05, 3.63) is 11.6 Å². The van der Waals surface area contributed by atoms with Gasteiger partial charge in [-0.3, -0.25) is 4.99 Å². The monoisotopic (exact) mass is 266 g/mol. The molecule has 0 spiro atoms. The number of hydrogen-bond donors (Lipinski definition) is 1. The highest BCUT2D eigenvalue weighted by Crippen LogP contribution is 2.14. The second-order valence-electron chi connectivity index (χ2n) is 4.00. The predicted molar refractivity (Wildman–Crippen MR) is 61.5 cm³/mol. The van der Waals surface area contributed by atoms with Gasteiger partial charge in [-0.05, 0) is 12.5 Å². The summed E-state index contributed by atoms with van der Waals surface area (Å²) in [5.74, 6) is 0. The molecule has 1 heterocycles. The Labute approximate surface area is 104 Å². The molecule has 0 amide bonds. The first-order valence-electron chi connectivity index (χ1n) is 5.63. The summed E-state index contributed by atoms with van der Waals surface area (Å²) in [5.41, 5.74) is 6.60. The Morgan fingerprint density at radius 3 is 2.72 bits per heavy atom. The maximum Gasteiger partial charge on any atom is 0.411 e. The molecule has 0 bridgehead atoms. The molecular formula is C11H17F3N2O2. The van der Waals surface area contributed by atoms with Crippen molar-refractivity contribution in [3.8, 4) is 0 Å². The topological polar surface area (TPSA) is 56.8 Å². The highest BCUT2D eigenvalue weighted by atomic mass is 19.4. The number of alkyl halides is 3. The lowest BCUT2D eigenvalue weighted by Gasteiger charge is -2.18. The van der Waals surface area contributed by atoms with Gasteiger partial charge >= 0.3 is 6.18 Å². The van der Waals surface area contributed by atoms with E-state index < -0.39 is 12.8 Å². The molecule has 2 atom stereocenters. The molecule has 0 saturated heterocycles. The van der Waals surface area contributed by atoms with Gasteiger partial charge in [-0.25, -0.2) is 0 Å². The van der Waals surface area contributed by atoms with Gasteiger partial charge < -0.3 is 15.2 Å². The standard InChI is InChI=1S/C11H17F3N2O2/c1-8(15)9-2-3-10(16-6-9)18-5-4-17-7-11(12,13)14/h2,6,8,10H,3-5,7,15H2,1H3. The summed E-state index contributed by atoms with van der Waals surface area (Å²) in [6.07, 6.45) is -0.527. The number of rotatable bonds is 6. The van der Waals surface area contributed by atoms with E-state index in [4.69, 9.17) is 10.5 Å². The van der Waals surface area contributed by atoms with Gasteiger partial charge in [-0.15, -0.1) is 0 Å². The third kappa shape index (κ3) is 6.13. The Hall–Kier alpha value is -0.920. The number of aliphatic imine (C=N–C) groups is 1. The van der Waals surface area contributed by atoms with E-state index in [0.29, 0.717) is 6.42 Å². The maximum absolute atomic E-state index is 11.7. The van der Waals surface area contributed by atoms with Crippen molar-refractivity contribution in [2.24, 2.45) is 10.7 Å². The van der Waals surface area contributed by atoms with E-state index in [1.54, 1.807) is 6.21 Å². The van der Waals surface area contributed by atoms with Crippen molar-refractivity contribution in [2.75, 3.05) is 19.8 Å². The van der Waals surface area contributed by atoms with Crippen molar-refractivity contribution in [1.29, 1.82) is 0 Å². The lowest BCUT2D eigenvalue weighted by Crippen LogP contribution is -2.24. The average molecular weight is 266 g/mol. The molecule has 0 radical (unpaired) electrons. The van der Waals surface area contributed by atoms with Gasteiger partial charge in [0.1, 0.15) is 6.61 Å². The Morgan fingerprint density at radius 1 is 1.50 bits per heavy atom. The van der Waals surface area contributed by atoms with Crippen molar-refractivity contribution in [2.45, 2.75) is 31.8 Å². The van der Waals surface area contributed by atoms with E-state index in [0.717, 1.165) is 5.57 Å². The van der Waals surface area contributed by atoms with Gasteiger partial charge in [0.2, 0.25) is 0 Å². The number of hydrogen-bond acceptors (Lipinski definition) is 4. The minimum Gasteiger partial charge on any atom is -0.370 e.